The average molecular weight is 288 g/mol. The van der Waals surface area contributed by atoms with Crippen molar-refractivity contribution in [1.29, 1.82) is 0 Å². The summed E-state index contributed by atoms with van der Waals surface area (Å²) in [7, 11) is -3.49. The van der Waals surface area contributed by atoms with Crippen molar-refractivity contribution in [1.82, 2.24) is 4.72 Å². The second kappa shape index (κ2) is 5.59. The van der Waals surface area contributed by atoms with E-state index < -0.39 is 10.0 Å². The van der Waals surface area contributed by atoms with Crippen LogP contribution in [0.5, 0.6) is 0 Å². The van der Waals surface area contributed by atoms with Crippen LogP contribution in [0.2, 0.25) is 5.02 Å². The van der Waals surface area contributed by atoms with Crippen molar-refractivity contribution in [2.45, 2.75) is 43.5 Å². The number of hydrogen-bond donors (Lipinski definition) is 1. The van der Waals surface area contributed by atoms with Gasteiger partial charge in [-0.2, -0.15) is 0 Å². The molecule has 0 unspecified atom stereocenters. The first-order valence-electron chi connectivity index (χ1n) is 6.26. The summed E-state index contributed by atoms with van der Waals surface area (Å²) in [5.41, 5.74) is 0. The molecule has 1 N–H and O–H groups in total. The van der Waals surface area contributed by atoms with E-state index in [1.54, 1.807) is 18.2 Å². The number of benzene rings is 1. The number of rotatable bonds is 3. The van der Waals surface area contributed by atoms with Crippen LogP contribution in [0.3, 0.4) is 0 Å². The highest BCUT2D eigenvalue weighted by molar-refractivity contribution is 7.89. The van der Waals surface area contributed by atoms with Gasteiger partial charge in [0.2, 0.25) is 10.0 Å². The average Bonchev–Trinajstić information content (AvgIpc) is 2.32. The lowest BCUT2D eigenvalue weighted by molar-refractivity contribution is 0.332. The molecule has 1 aromatic rings. The van der Waals surface area contributed by atoms with Crippen molar-refractivity contribution < 1.29 is 8.42 Å². The highest BCUT2D eigenvalue weighted by atomic mass is 35.5. The van der Waals surface area contributed by atoms with Gasteiger partial charge in [-0.15, -0.1) is 0 Å². The fourth-order valence-corrected chi connectivity index (χ4v) is 4.15. The van der Waals surface area contributed by atoms with Crippen LogP contribution >= 0.6 is 11.6 Å². The zero-order valence-corrected chi connectivity index (χ0v) is 12.0. The third kappa shape index (κ3) is 3.25. The minimum Gasteiger partial charge on any atom is -0.208 e. The summed E-state index contributed by atoms with van der Waals surface area (Å²) in [5.74, 6) is 0.700. The molecule has 0 bridgehead atoms. The van der Waals surface area contributed by atoms with Gasteiger partial charge in [0, 0.05) is 6.04 Å². The highest BCUT2D eigenvalue weighted by Gasteiger charge is 2.25. The molecule has 1 aliphatic rings. The van der Waals surface area contributed by atoms with Gasteiger partial charge in [-0.05, 0) is 43.7 Å². The molecule has 0 radical (unpaired) electrons. The van der Waals surface area contributed by atoms with Crippen LogP contribution in [0.25, 0.3) is 0 Å². The van der Waals surface area contributed by atoms with E-state index in [2.05, 4.69) is 11.6 Å². The van der Waals surface area contributed by atoms with E-state index in [0.29, 0.717) is 5.92 Å². The molecule has 3 nitrogen and oxygen atoms in total. The van der Waals surface area contributed by atoms with Crippen LogP contribution < -0.4 is 4.72 Å². The Hall–Kier alpha value is -0.580. The lowest BCUT2D eigenvalue weighted by Gasteiger charge is -2.26. The molecule has 1 aliphatic carbocycles. The van der Waals surface area contributed by atoms with Gasteiger partial charge in [-0.1, -0.05) is 30.7 Å². The maximum atomic E-state index is 12.2. The van der Waals surface area contributed by atoms with E-state index in [1.165, 1.54) is 6.07 Å². The molecule has 0 heterocycles. The zero-order chi connectivity index (χ0) is 13.2. The minimum atomic E-state index is -3.49. The van der Waals surface area contributed by atoms with Crippen LogP contribution in [0.15, 0.2) is 29.2 Å². The lowest BCUT2D eigenvalue weighted by atomic mass is 9.88. The third-order valence-electron chi connectivity index (χ3n) is 3.46. The first-order valence-corrected chi connectivity index (χ1v) is 8.12. The molecule has 0 atom stereocenters. The maximum Gasteiger partial charge on any atom is 0.242 e. The topological polar surface area (TPSA) is 46.2 Å². The molecular weight excluding hydrogens is 270 g/mol. The molecule has 1 fully saturated rings. The summed E-state index contributed by atoms with van der Waals surface area (Å²) in [6, 6.07) is 6.59. The Kier molecular flexibility index (Phi) is 4.30. The predicted octanol–water partition coefficient (Wildman–Crippen LogP) is 3.20. The first kappa shape index (κ1) is 13.8. The van der Waals surface area contributed by atoms with Crippen LogP contribution in [-0.4, -0.2) is 14.5 Å². The highest BCUT2D eigenvalue weighted by Crippen LogP contribution is 2.26. The SMILES string of the molecule is CC1CCC(NS(=O)(=O)c2ccccc2Cl)CC1. The molecule has 0 saturated heterocycles. The summed E-state index contributed by atoms with van der Waals surface area (Å²) >= 11 is 5.93. The smallest absolute Gasteiger partial charge is 0.208 e. The lowest BCUT2D eigenvalue weighted by Crippen LogP contribution is -2.37. The number of hydrogen-bond acceptors (Lipinski definition) is 2. The molecule has 100 valence electrons. The largest absolute Gasteiger partial charge is 0.242 e. The normalized spacial score (nSPS) is 25.0. The van der Waals surface area contributed by atoms with E-state index in [-0.39, 0.29) is 16.0 Å². The second-order valence-corrected chi connectivity index (χ2v) is 7.10. The Bertz CT molecular complexity index is 507. The van der Waals surface area contributed by atoms with E-state index >= 15 is 0 Å². The molecular formula is C13H18ClNO2S. The fraction of sp³-hybridized carbons (Fsp3) is 0.538. The molecule has 0 amide bonds. The van der Waals surface area contributed by atoms with Crippen LogP contribution in [-0.2, 0) is 10.0 Å². The Morgan fingerprint density at radius 3 is 2.39 bits per heavy atom. The van der Waals surface area contributed by atoms with E-state index in [1.807, 2.05) is 0 Å². The maximum absolute atomic E-state index is 12.2. The van der Waals surface area contributed by atoms with Gasteiger partial charge in [0.25, 0.3) is 0 Å². The monoisotopic (exact) mass is 287 g/mol. The van der Waals surface area contributed by atoms with Crippen molar-refractivity contribution >= 4 is 21.6 Å². The number of nitrogens with one attached hydrogen (secondary N) is 1. The van der Waals surface area contributed by atoms with E-state index in [0.717, 1.165) is 25.7 Å². The third-order valence-corrected chi connectivity index (χ3v) is 5.48. The first-order chi connectivity index (χ1) is 8.49. The summed E-state index contributed by atoms with van der Waals surface area (Å²) in [4.78, 5) is 0.172. The van der Waals surface area contributed by atoms with Crippen LogP contribution in [0.4, 0.5) is 0 Å². The van der Waals surface area contributed by atoms with Gasteiger partial charge >= 0.3 is 0 Å². The molecule has 1 aromatic carbocycles. The quantitative estimate of drug-likeness (QED) is 0.928. The van der Waals surface area contributed by atoms with Gasteiger partial charge in [0.15, 0.2) is 0 Å². The molecule has 1 saturated carbocycles. The summed E-state index contributed by atoms with van der Waals surface area (Å²) < 4.78 is 27.2. The molecule has 18 heavy (non-hydrogen) atoms. The number of sulfonamides is 1. The Labute approximate surface area is 114 Å². The molecule has 0 spiro atoms. The minimum absolute atomic E-state index is 0.0440. The Morgan fingerprint density at radius 2 is 1.78 bits per heavy atom. The van der Waals surface area contributed by atoms with Crippen LogP contribution in [0, 0.1) is 5.92 Å². The summed E-state index contributed by atoms with van der Waals surface area (Å²) in [6.45, 7) is 2.21. The standard InChI is InChI=1S/C13H18ClNO2S/c1-10-6-8-11(9-7-10)15-18(16,17)13-5-3-2-4-12(13)14/h2-5,10-11,15H,6-9H2,1H3. The molecule has 5 heteroatoms. The van der Waals surface area contributed by atoms with Crippen molar-refractivity contribution in [3.05, 3.63) is 29.3 Å². The van der Waals surface area contributed by atoms with Gasteiger partial charge in [-0.25, -0.2) is 13.1 Å². The van der Waals surface area contributed by atoms with E-state index in [4.69, 9.17) is 11.6 Å². The van der Waals surface area contributed by atoms with Gasteiger partial charge in [-0.3, -0.25) is 0 Å². The Morgan fingerprint density at radius 1 is 1.17 bits per heavy atom. The zero-order valence-electron chi connectivity index (χ0n) is 10.4. The fourth-order valence-electron chi connectivity index (χ4n) is 2.32. The van der Waals surface area contributed by atoms with Crippen molar-refractivity contribution in [2.75, 3.05) is 0 Å². The predicted molar refractivity (Wildman–Crippen MR) is 73.2 cm³/mol. The Balaban J connectivity index is 2.11. The molecule has 2 rings (SSSR count). The van der Waals surface area contributed by atoms with Gasteiger partial charge < -0.3 is 0 Å². The van der Waals surface area contributed by atoms with E-state index in [9.17, 15) is 8.42 Å². The summed E-state index contributed by atoms with van der Waals surface area (Å²) in [5, 5.41) is 0.272. The van der Waals surface area contributed by atoms with Crippen LogP contribution in [0.1, 0.15) is 32.6 Å². The van der Waals surface area contributed by atoms with Crippen molar-refractivity contribution in [2.24, 2.45) is 5.92 Å². The molecule has 0 aromatic heterocycles. The van der Waals surface area contributed by atoms with Crippen molar-refractivity contribution in [3.8, 4) is 0 Å². The summed E-state index contributed by atoms with van der Waals surface area (Å²) in [6.07, 6.45) is 3.97. The van der Waals surface area contributed by atoms with Gasteiger partial charge in [0.1, 0.15) is 4.90 Å². The number of halogens is 1. The van der Waals surface area contributed by atoms with Crippen molar-refractivity contribution in [3.63, 3.8) is 0 Å². The molecule has 0 aliphatic heterocycles. The van der Waals surface area contributed by atoms with Gasteiger partial charge in [0.05, 0.1) is 5.02 Å². The second-order valence-electron chi connectivity index (χ2n) is 5.01.